The molecule has 0 aromatic heterocycles. The maximum atomic E-state index is 13.2. The summed E-state index contributed by atoms with van der Waals surface area (Å²) < 4.78 is 11.8. The van der Waals surface area contributed by atoms with Crippen molar-refractivity contribution in [2.75, 3.05) is 31.6 Å². The first-order valence-corrected chi connectivity index (χ1v) is 14.5. The Morgan fingerprint density at radius 2 is 1.55 bits per heavy atom. The van der Waals surface area contributed by atoms with E-state index in [0.717, 1.165) is 59.8 Å². The number of fused-ring (bicyclic) bond motifs is 1. The third-order valence-electron chi connectivity index (χ3n) is 7.94. The fraction of sp³-hybridized carbons (Fsp3) is 0.222. The molecule has 1 fully saturated rings. The second kappa shape index (κ2) is 12.0. The van der Waals surface area contributed by atoms with E-state index in [0.29, 0.717) is 24.3 Å². The van der Waals surface area contributed by atoms with Gasteiger partial charge in [-0.3, -0.25) is 14.5 Å². The standard InChI is InChI=1S/C36H34N2O4/c1-2-41-34(39)25-38-22-20-36(21-23-38)24-31(29-12-7-9-15-33(29)42-36)26-16-18-28(19-17-26)37-32-14-8-6-13-30(32)35(40)27-10-4-3-5-11-27/h3-19,24,37H,2,20-23,25H2,1H3. The van der Waals surface area contributed by atoms with Gasteiger partial charge in [0.25, 0.3) is 0 Å². The number of ketones is 1. The van der Waals surface area contributed by atoms with Crippen LogP contribution in [0.4, 0.5) is 11.4 Å². The Balaban J connectivity index is 1.23. The summed E-state index contributed by atoms with van der Waals surface area (Å²) in [4.78, 5) is 27.4. The second-order valence-electron chi connectivity index (χ2n) is 10.7. The van der Waals surface area contributed by atoms with E-state index >= 15 is 0 Å². The highest BCUT2D eigenvalue weighted by atomic mass is 16.5. The van der Waals surface area contributed by atoms with Crippen molar-refractivity contribution in [3.8, 4) is 5.75 Å². The average Bonchev–Trinajstić information content (AvgIpc) is 3.03. The van der Waals surface area contributed by atoms with Crippen molar-refractivity contribution in [3.63, 3.8) is 0 Å². The smallest absolute Gasteiger partial charge is 0.320 e. The van der Waals surface area contributed by atoms with Crippen LogP contribution in [0.3, 0.4) is 0 Å². The van der Waals surface area contributed by atoms with Gasteiger partial charge in [-0.25, -0.2) is 0 Å². The Kier molecular flexibility index (Phi) is 7.89. The third kappa shape index (κ3) is 5.85. The van der Waals surface area contributed by atoms with Gasteiger partial charge in [0.2, 0.25) is 0 Å². The Hall–Kier alpha value is -4.68. The fourth-order valence-electron chi connectivity index (χ4n) is 5.76. The number of carbonyl (C=O) groups is 2. The molecule has 0 radical (unpaired) electrons. The van der Waals surface area contributed by atoms with E-state index in [1.54, 1.807) is 0 Å². The Labute approximate surface area is 246 Å². The molecule has 2 aliphatic rings. The quantitative estimate of drug-likeness (QED) is 0.188. The molecule has 0 atom stereocenters. The number of esters is 1. The van der Waals surface area contributed by atoms with Crippen molar-refractivity contribution < 1.29 is 19.1 Å². The summed E-state index contributed by atoms with van der Waals surface area (Å²) in [5.41, 5.74) is 5.83. The number of benzene rings is 4. The highest BCUT2D eigenvalue weighted by Crippen LogP contribution is 2.43. The van der Waals surface area contributed by atoms with Gasteiger partial charge in [0.15, 0.2) is 5.78 Å². The molecule has 2 aliphatic heterocycles. The molecule has 4 aromatic carbocycles. The maximum absolute atomic E-state index is 13.2. The molecule has 1 N–H and O–H groups in total. The summed E-state index contributed by atoms with van der Waals surface area (Å²) in [5, 5.41) is 3.45. The molecule has 212 valence electrons. The van der Waals surface area contributed by atoms with Crippen molar-refractivity contribution in [3.05, 3.63) is 131 Å². The predicted molar refractivity (Wildman–Crippen MR) is 165 cm³/mol. The lowest BCUT2D eigenvalue weighted by atomic mass is 9.83. The third-order valence-corrected chi connectivity index (χ3v) is 7.94. The molecule has 4 aromatic rings. The number of nitrogens with one attached hydrogen (secondary N) is 1. The molecule has 6 rings (SSSR count). The van der Waals surface area contributed by atoms with Gasteiger partial charge in [0, 0.05) is 54.0 Å². The highest BCUT2D eigenvalue weighted by molar-refractivity contribution is 6.12. The van der Waals surface area contributed by atoms with Gasteiger partial charge in [-0.2, -0.15) is 0 Å². The van der Waals surface area contributed by atoms with Crippen molar-refractivity contribution in [1.29, 1.82) is 0 Å². The second-order valence-corrected chi connectivity index (χ2v) is 10.7. The molecule has 42 heavy (non-hydrogen) atoms. The number of hydrogen-bond donors (Lipinski definition) is 1. The van der Waals surface area contributed by atoms with Crippen LogP contribution in [0.2, 0.25) is 0 Å². The number of piperidine rings is 1. The fourth-order valence-corrected chi connectivity index (χ4v) is 5.76. The number of rotatable bonds is 8. The van der Waals surface area contributed by atoms with Crippen molar-refractivity contribution in [1.82, 2.24) is 4.90 Å². The number of hydrogen-bond acceptors (Lipinski definition) is 6. The summed E-state index contributed by atoms with van der Waals surface area (Å²) in [6.45, 7) is 4.06. The SMILES string of the molecule is CCOC(=O)CN1CCC2(C=C(c3ccc(Nc4ccccc4C(=O)c4ccccc4)cc3)c3ccccc3O2)CC1. The zero-order valence-corrected chi connectivity index (χ0v) is 23.7. The van der Waals surface area contributed by atoms with Crippen LogP contribution in [-0.4, -0.2) is 48.5 Å². The van der Waals surface area contributed by atoms with E-state index in [-0.39, 0.29) is 11.8 Å². The monoisotopic (exact) mass is 558 g/mol. The zero-order chi connectivity index (χ0) is 28.9. The molecule has 6 nitrogen and oxygen atoms in total. The molecular weight excluding hydrogens is 524 g/mol. The van der Waals surface area contributed by atoms with E-state index in [1.165, 1.54) is 0 Å². The predicted octanol–water partition coefficient (Wildman–Crippen LogP) is 6.88. The van der Waals surface area contributed by atoms with E-state index in [1.807, 2.05) is 91.9 Å². The van der Waals surface area contributed by atoms with E-state index in [9.17, 15) is 9.59 Å². The van der Waals surface area contributed by atoms with Crippen molar-refractivity contribution in [2.24, 2.45) is 0 Å². The summed E-state index contributed by atoms with van der Waals surface area (Å²) in [6.07, 6.45) is 3.85. The molecule has 0 amide bonds. The molecule has 0 bridgehead atoms. The van der Waals surface area contributed by atoms with Gasteiger partial charge in [-0.1, -0.05) is 72.8 Å². The van der Waals surface area contributed by atoms with Crippen LogP contribution in [0.5, 0.6) is 5.75 Å². The minimum atomic E-state index is -0.428. The maximum Gasteiger partial charge on any atom is 0.320 e. The molecule has 0 unspecified atom stereocenters. The number of carbonyl (C=O) groups excluding carboxylic acids is 2. The number of para-hydroxylation sites is 2. The Bertz CT molecular complexity index is 1600. The largest absolute Gasteiger partial charge is 0.482 e. The first-order chi connectivity index (χ1) is 20.5. The molecule has 6 heteroatoms. The van der Waals surface area contributed by atoms with Gasteiger partial charge in [0.1, 0.15) is 11.4 Å². The minimum Gasteiger partial charge on any atom is -0.482 e. The van der Waals surface area contributed by atoms with Crippen LogP contribution in [-0.2, 0) is 9.53 Å². The number of anilines is 2. The minimum absolute atomic E-state index is 0.0158. The zero-order valence-electron chi connectivity index (χ0n) is 23.7. The molecule has 0 aliphatic carbocycles. The number of ether oxygens (including phenoxy) is 2. The van der Waals surface area contributed by atoms with Crippen LogP contribution in [0.15, 0.2) is 109 Å². The molecule has 1 saturated heterocycles. The van der Waals surface area contributed by atoms with Gasteiger partial charge in [-0.15, -0.1) is 0 Å². The summed E-state index contributed by atoms with van der Waals surface area (Å²) >= 11 is 0. The van der Waals surface area contributed by atoms with Crippen LogP contribution in [0.1, 0.15) is 46.8 Å². The summed E-state index contributed by atoms with van der Waals surface area (Å²) in [6, 6.07) is 33.4. The molecule has 0 saturated carbocycles. The highest BCUT2D eigenvalue weighted by Gasteiger charge is 2.39. The Morgan fingerprint density at radius 3 is 2.31 bits per heavy atom. The van der Waals surface area contributed by atoms with E-state index in [2.05, 4.69) is 34.5 Å². The summed E-state index contributed by atoms with van der Waals surface area (Å²) in [5.74, 6) is 0.683. The molecule has 1 spiro atoms. The van der Waals surface area contributed by atoms with Gasteiger partial charge < -0.3 is 14.8 Å². The number of likely N-dealkylation sites (tertiary alicyclic amines) is 1. The van der Waals surface area contributed by atoms with E-state index < -0.39 is 5.60 Å². The van der Waals surface area contributed by atoms with E-state index in [4.69, 9.17) is 9.47 Å². The first-order valence-electron chi connectivity index (χ1n) is 14.5. The van der Waals surface area contributed by atoms with Crippen LogP contribution < -0.4 is 10.1 Å². The lowest BCUT2D eigenvalue weighted by Gasteiger charge is -2.43. The Morgan fingerprint density at radius 1 is 0.857 bits per heavy atom. The van der Waals surface area contributed by atoms with Gasteiger partial charge in [-0.05, 0) is 54.5 Å². The molecular formula is C36H34N2O4. The molecule has 2 heterocycles. The van der Waals surface area contributed by atoms with Crippen LogP contribution in [0.25, 0.3) is 5.57 Å². The van der Waals surface area contributed by atoms with Gasteiger partial charge >= 0.3 is 5.97 Å². The van der Waals surface area contributed by atoms with Crippen molar-refractivity contribution in [2.45, 2.75) is 25.4 Å². The average molecular weight is 559 g/mol. The van der Waals surface area contributed by atoms with Crippen LogP contribution >= 0.6 is 0 Å². The first kappa shape index (κ1) is 27.5. The topological polar surface area (TPSA) is 67.9 Å². The normalized spacial score (nSPS) is 15.7. The summed E-state index contributed by atoms with van der Waals surface area (Å²) in [7, 11) is 0. The van der Waals surface area contributed by atoms with Crippen LogP contribution in [0, 0.1) is 0 Å². The lowest BCUT2D eigenvalue weighted by molar-refractivity contribution is -0.145. The van der Waals surface area contributed by atoms with Crippen molar-refractivity contribution >= 4 is 28.7 Å². The number of nitrogens with zero attached hydrogens (tertiary/aromatic N) is 1. The lowest BCUT2D eigenvalue weighted by Crippen LogP contribution is -2.49. The van der Waals surface area contributed by atoms with Gasteiger partial charge in [0.05, 0.1) is 13.2 Å².